The number of amides is 2. The van der Waals surface area contributed by atoms with Crippen LogP contribution in [-0.2, 0) is 13.5 Å². The van der Waals surface area contributed by atoms with Gasteiger partial charge in [-0.25, -0.2) is 14.2 Å². The molecule has 0 saturated heterocycles. The standard InChI is InChI=1S/C14H17FN4O/c1-10-3-4-11(9-12(10)15)18-14(20)17-6-5-13-16-7-8-19(13)2/h3-4,7-9H,5-6H2,1-2H3,(H2,17,18,20). The maximum atomic E-state index is 13.3. The molecule has 0 atom stereocenters. The van der Waals surface area contributed by atoms with E-state index >= 15 is 0 Å². The van der Waals surface area contributed by atoms with Crippen LogP contribution in [0.1, 0.15) is 11.4 Å². The van der Waals surface area contributed by atoms with Crippen LogP contribution < -0.4 is 10.6 Å². The number of urea groups is 1. The molecule has 0 aliphatic heterocycles. The van der Waals surface area contributed by atoms with Crippen LogP contribution in [0.4, 0.5) is 14.9 Å². The molecule has 0 fully saturated rings. The lowest BCUT2D eigenvalue weighted by Crippen LogP contribution is -2.30. The second kappa shape index (κ2) is 6.18. The molecule has 0 radical (unpaired) electrons. The highest BCUT2D eigenvalue weighted by atomic mass is 19.1. The van der Waals surface area contributed by atoms with Gasteiger partial charge in [0.15, 0.2) is 0 Å². The number of halogens is 1. The van der Waals surface area contributed by atoms with Crippen LogP contribution in [-0.4, -0.2) is 22.1 Å². The van der Waals surface area contributed by atoms with E-state index in [9.17, 15) is 9.18 Å². The van der Waals surface area contributed by atoms with Crippen LogP contribution in [0.25, 0.3) is 0 Å². The number of imidazole rings is 1. The first-order valence-electron chi connectivity index (χ1n) is 6.33. The Morgan fingerprint density at radius 1 is 1.45 bits per heavy atom. The van der Waals surface area contributed by atoms with Gasteiger partial charge in [-0.2, -0.15) is 0 Å². The van der Waals surface area contributed by atoms with Gasteiger partial charge in [0, 0.05) is 38.1 Å². The minimum atomic E-state index is -0.359. The predicted octanol–water partition coefficient (Wildman–Crippen LogP) is 2.23. The van der Waals surface area contributed by atoms with Crippen LogP contribution in [0, 0.1) is 12.7 Å². The lowest BCUT2D eigenvalue weighted by molar-refractivity contribution is 0.252. The Morgan fingerprint density at radius 3 is 2.90 bits per heavy atom. The molecule has 1 aromatic carbocycles. The lowest BCUT2D eigenvalue weighted by Gasteiger charge is -2.08. The zero-order valence-electron chi connectivity index (χ0n) is 11.5. The first kappa shape index (κ1) is 14.0. The van der Waals surface area contributed by atoms with Crippen molar-refractivity contribution in [1.29, 1.82) is 0 Å². The average Bonchev–Trinajstić information content (AvgIpc) is 2.80. The average molecular weight is 276 g/mol. The van der Waals surface area contributed by atoms with Gasteiger partial charge in [-0.15, -0.1) is 0 Å². The zero-order valence-corrected chi connectivity index (χ0v) is 11.5. The second-order valence-corrected chi connectivity index (χ2v) is 4.55. The van der Waals surface area contributed by atoms with E-state index in [0.717, 1.165) is 5.82 Å². The Hall–Kier alpha value is -2.37. The summed E-state index contributed by atoms with van der Waals surface area (Å²) >= 11 is 0. The number of hydrogen-bond donors (Lipinski definition) is 2. The van der Waals surface area contributed by atoms with Crippen molar-refractivity contribution in [2.24, 2.45) is 7.05 Å². The molecule has 1 aromatic heterocycles. The molecular formula is C14H17FN4O. The molecular weight excluding hydrogens is 259 g/mol. The SMILES string of the molecule is Cc1ccc(NC(=O)NCCc2nccn2C)cc1F. The highest BCUT2D eigenvalue weighted by Gasteiger charge is 2.05. The van der Waals surface area contributed by atoms with E-state index in [2.05, 4.69) is 15.6 Å². The summed E-state index contributed by atoms with van der Waals surface area (Å²) in [6.07, 6.45) is 4.20. The highest BCUT2D eigenvalue weighted by molar-refractivity contribution is 5.89. The molecule has 0 bridgehead atoms. The fraction of sp³-hybridized carbons (Fsp3) is 0.286. The van der Waals surface area contributed by atoms with Crippen molar-refractivity contribution < 1.29 is 9.18 Å². The van der Waals surface area contributed by atoms with Gasteiger partial charge in [0.2, 0.25) is 0 Å². The molecule has 1 heterocycles. The number of anilines is 1. The number of nitrogens with one attached hydrogen (secondary N) is 2. The molecule has 2 amide bonds. The van der Waals surface area contributed by atoms with E-state index < -0.39 is 0 Å². The minimum absolute atomic E-state index is 0.337. The Bertz CT molecular complexity index is 609. The molecule has 106 valence electrons. The Labute approximate surface area is 116 Å². The molecule has 0 aliphatic carbocycles. The molecule has 20 heavy (non-hydrogen) atoms. The first-order chi connectivity index (χ1) is 9.56. The monoisotopic (exact) mass is 276 g/mol. The third-order valence-corrected chi connectivity index (χ3v) is 2.98. The molecule has 6 heteroatoms. The van der Waals surface area contributed by atoms with Gasteiger partial charge in [0.25, 0.3) is 0 Å². The number of rotatable bonds is 4. The number of aryl methyl sites for hydroxylation is 2. The van der Waals surface area contributed by atoms with E-state index in [1.54, 1.807) is 25.3 Å². The maximum absolute atomic E-state index is 13.3. The van der Waals surface area contributed by atoms with Crippen molar-refractivity contribution in [1.82, 2.24) is 14.9 Å². The third-order valence-electron chi connectivity index (χ3n) is 2.98. The Kier molecular flexibility index (Phi) is 4.34. The summed E-state index contributed by atoms with van der Waals surface area (Å²) in [7, 11) is 1.90. The molecule has 2 rings (SSSR count). The summed E-state index contributed by atoms with van der Waals surface area (Å²) in [4.78, 5) is 15.8. The van der Waals surface area contributed by atoms with Gasteiger partial charge in [-0.05, 0) is 24.6 Å². The molecule has 0 unspecified atom stereocenters. The normalized spacial score (nSPS) is 10.3. The quantitative estimate of drug-likeness (QED) is 0.899. The summed E-state index contributed by atoms with van der Waals surface area (Å²) in [5, 5.41) is 5.29. The van der Waals surface area contributed by atoms with Crippen LogP contribution in [0.5, 0.6) is 0 Å². The minimum Gasteiger partial charge on any atom is -0.338 e. The summed E-state index contributed by atoms with van der Waals surface area (Å²) < 4.78 is 15.2. The van der Waals surface area contributed by atoms with E-state index in [0.29, 0.717) is 24.2 Å². The maximum Gasteiger partial charge on any atom is 0.319 e. The van der Waals surface area contributed by atoms with E-state index in [1.165, 1.54) is 6.07 Å². The van der Waals surface area contributed by atoms with Crippen LogP contribution in [0.3, 0.4) is 0 Å². The topological polar surface area (TPSA) is 59.0 Å². The van der Waals surface area contributed by atoms with Gasteiger partial charge < -0.3 is 15.2 Å². The number of nitrogens with zero attached hydrogens (tertiary/aromatic N) is 2. The van der Waals surface area contributed by atoms with E-state index in [4.69, 9.17) is 0 Å². The van der Waals surface area contributed by atoms with Crippen LogP contribution >= 0.6 is 0 Å². The van der Waals surface area contributed by atoms with E-state index in [1.807, 2.05) is 17.8 Å². The van der Waals surface area contributed by atoms with Crippen LogP contribution in [0.2, 0.25) is 0 Å². The van der Waals surface area contributed by atoms with Gasteiger partial charge >= 0.3 is 6.03 Å². The van der Waals surface area contributed by atoms with Crippen molar-refractivity contribution in [3.05, 3.63) is 47.8 Å². The number of hydrogen-bond acceptors (Lipinski definition) is 2. The van der Waals surface area contributed by atoms with Gasteiger partial charge in [0.05, 0.1) is 0 Å². The molecule has 0 aliphatic rings. The summed E-state index contributed by atoms with van der Waals surface area (Å²) in [5.74, 6) is 0.558. The van der Waals surface area contributed by atoms with Crippen molar-refractivity contribution in [3.8, 4) is 0 Å². The molecule has 2 N–H and O–H groups in total. The summed E-state index contributed by atoms with van der Waals surface area (Å²) in [6.45, 7) is 2.14. The number of carbonyl (C=O) groups is 1. The number of benzene rings is 1. The number of aromatic nitrogens is 2. The Balaban J connectivity index is 1.80. The lowest BCUT2D eigenvalue weighted by atomic mass is 10.2. The second-order valence-electron chi connectivity index (χ2n) is 4.55. The Morgan fingerprint density at radius 2 is 2.25 bits per heavy atom. The largest absolute Gasteiger partial charge is 0.338 e. The summed E-state index contributed by atoms with van der Waals surface area (Å²) in [5.41, 5.74) is 0.980. The molecule has 2 aromatic rings. The van der Waals surface area contributed by atoms with Crippen molar-refractivity contribution >= 4 is 11.7 Å². The summed E-state index contributed by atoms with van der Waals surface area (Å²) in [6, 6.07) is 4.23. The molecule has 5 nitrogen and oxygen atoms in total. The van der Waals surface area contributed by atoms with Gasteiger partial charge in [-0.3, -0.25) is 0 Å². The third kappa shape index (κ3) is 3.57. The molecule has 0 saturated carbocycles. The van der Waals surface area contributed by atoms with Gasteiger partial charge in [-0.1, -0.05) is 6.07 Å². The van der Waals surface area contributed by atoms with Gasteiger partial charge in [0.1, 0.15) is 11.6 Å². The van der Waals surface area contributed by atoms with Crippen LogP contribution in [0.15, 0.2) is 30.6 Å². The fourth-order valence-electron chi connectivity index (χ4n) is 1.77. The van der Waals surface area contributed by atoms with E-state index in [-0.39, 0.29) is 11.8 Å². The first-order valence-corrected chi connectivity index (χ1v) is 6.33. The highest BCUT2D eigenvalue weighted by Crippen LogP contribution is 2.13. The van der Waals surface area contributed by atoms with Crippen molar-refractivity contribution in [3.63, 3.8) is 0 Å². The van der Waals surface area contributed by atoms with Crippen molar-refractivity contribution in [2.75, 3.05) is 11.9 Å². The molecule has 0 spiro atoms. The predicted molar refractivity (Wildman–Crippen MR) is 75.1 cm³/mol. The zero-order chi connectivity index (χ0) is 14.5. The smallest absolute Gasteiger partial charge is 0.319 e. The fourth-order valence-corrected chi connectivity index (χ4v) is 1.77. The number of carbonyl (C=O) groups excluding carboxylic acids is 1. The van der Waals surface area contributed by atoms with Crippen molar-refractivity contribution in [2.45, 2.75) is 13.3 Å².